The van der Waals surface area contributed by atoms with E-state index in [0.29, 0.717) is 18.8 Å². The number of carbonyl (C=O) groups is 1. The predicted octanol–water partition coefficient (Wildman–Crippen LogP) is 2.86. The third-order valence-electron chi connectivity index (χ3n) is 6.71. The fraction of sp³-hybridized carbons (Fsp3) is 0.650. The van der Waals surface area contributed by atoms with Gasteiger partial charge in [0.25, 0.3) is 5.69 Å². The van der Waals surface area contributed by atoms with E-state index in [1.54, 1.807) is 0 Å². The number of nitro groups is 1. The lowest BCUT2D eigenvalue weighted by Crippen LogP contribution is -2.50. The second kappa shape index (κ2) is 7.31. The van der Waals surface area contributed by atoms with Crippen LogP contribution in [0, 0.1) is 21.3 Å². The molecular weight excluding hydrogens is 365 g/mol. The number of carbonyl (C=O) groups excluding carboxylic acids is 1. The van der Waals surface area contributed by atoms with Gasteiger partial charge in [-0.1, -0.05) is 0 Å². The van der Waals surface area contributed by atoms with Crippen molar-refractivity contribution in [3.8, 4) is 0 Å². The first-order valence-electron chi connectivity index (χ1n) is 10.1. The number of non-ortho nitro benzene ring substituents is 1. The minimum absolute atomic E-state index is 0.154. The fourth-order valence-corrected chi connectivity index (χ4v) is 5.15. The maximum absolute atomic E-state index is 14.5. The van der Waals surface area contributed by atoms with Gasteiger partial charge in [0, 0.05) is 31.7 Å². The van der Waals surface area contributed by atoms with E-state index < -0.39 is 16.2 Å². The number of benzene rings is 1. The molecule has 0 radical (unpaired) electrons. The van der Waals surface area contributed by atoms with Gasteiger partial charge in [-0.15, -0.1) is 0 Å². The Labute approximate surface area is 163 Å². The van der Waals surface area contributed by atoms with Crippen LogP contribution in [-0.2, 0) is 4.79 Å². The molecule has 1 amide bonds. The first-order chi connectivity index (χ1) is 13.4. The summed E-state index contributed by atoms with van der Waals surface area (Å²) in [6.45, 7) is 1.81. The third kappa shape index (κ3) is 3.34. The largest absolute Gasteiger partial charge is 0.393 e. The summed E-state index contributed by atoms with van der Waals surface area (Å²) in [5.74, 6) is -0.462. The second-order valence-corrected chi connectivity index (χ2v) is 8.41. The average molecular weight is 391 g/mol. The number of aliphatic hydroxyl groups excluding tert-OH is 1. The molecule has 3 fully saturated rings. The van der Waals surface area contributed by atoms with Crippen LogP contribution in [0.3, 0.4) is 0 Å². The Morgan fingerprint density at radius 1 is 1.18 bits per heavy atom. The fourth-order valence-electron chi connectivity index (χ4n) is 5.15. The molecule has 2 heterocycles. The molecule has 0 bridgehead atoms. The monoisotopic (exact) mass is 391 g/mol. The summed E-state index contributed by atoms with van der Waals surface area (Å²) in [6.07, 6.45) is 5.24. The molecule has 0 unspecified atom stereocenters. The molecule has 1 atom stereocenters. The Bertz CT molecular complexity index is 781. The van der Waals surface area contributed by atoms with Crippen LogP contribution in [0.1, 0.15) is 44.9 Å². The first-order valence-corrected chi connectivity index (χ1v) is 10.1. The SMILES string of the molecule is O=C1N(C2CCC(O)CC2)CC[C@@]12CCCN(c1ccc([N+](=O)[O-])cc1F)C2. The Kier molecular flexibility index (Phi) is 4.99. The van der Waals surface area contributed by atoms with E-state index in [1.165, 1.54) is 12.1 Å². The smallest absolute Gasteiger partial charge is 0.272 e. The highest BCUT2D eigenvalue weighted by Crippen LogP contribution is 2.44. The van der Waals surface area contributed by atoms with Crippen LogP contribution < -0.4 is 4.90 Å². The highest BCUT2D eigenvalue weighted by atomic mass is 19.1. The molecule has 1 saturated carbocycles. The van der Waals surface area contributed by atoms with Crippen molar-refractivity contribution in [2.24, 2.45) is 5.41 Å². The van der Waals surface area contributed by atoms with Crippen LogP contribution >= 0.6 is 0 Å². The molecule has 1 aliphatic carbocycles. The van der Waals surface area contributed by atoms with Crippen LogP contribution in [0.25, 0.3) is 0 Å². The molecule has 1 spiro atoms. The Hall–Kier alpha value is -2.22. The minimum Gasteiger partial charge on any atom is -0.393 e. The number of aliphatic hydroxyl groups is 1. The van der Waals surface area contributed by atoms with E-state index in [4.69, 9.17) is 0 Å². The molecule has 8 heteroatoms. The van der Waals surface area contributed by atoms with Crippen LogP contribution in [-0.4, -0.2) is 52.6 Å². The Morgan fingerprint density at radius 2 is 1.93 bits per heavy atom. The van der Waals surface area contributed by atoms with Gasteiger partial charge in [-0.25, -0.2) is 4.39 Å². The standard InChI is InChI=1S/C20H26FN3O4/c21-17-12-15(24(27)28)4-7-18(17)22-10-1-8-20(13-22)9-11-23(19(20)26)14-2-5-16(25)6-3-14/h4,7,12,14,16,25H,1-3,5-6,8-11,13H2/t14?,16?,20-/m1/s1. The lowest BCUT2D eigenvalue weighted by Gasteiger charge is -2.41. The lowest BCUT2D eigenvalue weighted by atomic mass is 9.78. The van der Waals surface area contributed by atoms with Gasteiger partial charge in [0.1, 0.15) is 0 Å². The van der Waals surface area contributed by atoms with Gasteiger partial charge < -0.3 is 14.9 Å². The maximum atomic E-state index is 14.5. The normalized spacial score (nSPS) is 30.9. The van der Waals surface area contributed by atoms with E-state index in [-0.39, 0.29) is 23.7 Å². The minimum atomic E-state index is -0.616. The van der Waals surface area contributed by atoms with Crippen LogP contribution in [0.2, 0.25) is 0 Å². The highest BCUT2D eigenvalue weighted by Gasteiger charge is 2.50. The summed E-state index contributed by atoms with van der Waals surface area (Å²) < 4.78 is 14.5. The molecule has 0 aromatic heterocycles. The molecule has 152 valence electrons. The van der Waals surface area contributed by atoms with E-state index >= 15 is 0 Å². The quantitative estimate of drug-likeness (QED) is 0.632. The molecule has 2 aliphatic heterocycles. The van der Waals surface area contributed by atoms with Crippen molar-refractivity contribution in [1.82, 2.24) is 4.90 Å². The van der Waals surface area contributed by atoms with Gasteiger partial charge in [-0.3, -0.25) is 14.9 Å². The van der Waals surface area contributed by atoms with Crippen molar-refractivity contribution >= 4 is 17.3 Å². The highest BCUT2D eigenvalue weighted by molar-refractivity contribution is 5.86. The van der Waals surface area contributed by atoms with Crippen molar-refractivity contribution in [3.63, 3.8) is 0 Å². The van der Waals surface area contributed by atoms with Crippen molar-refractivity contribution in [2.45, 2.75) is 57.1 Å². The predicted molar refractivity (Wildman–Crippen MR) is 102 cm³/mol. The molecule has 3 aliphatic rings. The van der Waals surface area contributed by atoms with Crippen LogP contribution in [0.5, 0.6) is 0 Å². The molecule has 1 aromatic rings. The number of rotatable bonds is 3. The molecule has 4 rings (SSSR count). The van der Waals surface area contributed by atoms with Gasteiger partial charge in [0.2, 0.25) is 5.91 Å². The van der Waals surface area contributed by atoms with E-state index in [1.807, 2.05) is 9.80 Å². The first kappa shape index (κ1) is 19.1. The summed E-state index contributed by atoms with van der Waals surface area (Å²) >= 11 is 0. The van der Waals surface area contributed by atoms with Gasteiger partial charge >= 0.3 is 0 Å². The average Bonchev–Trinajstić information content (AvgIpc) is 2.98. The Balaban J connectivity index is 1.50. The summed E-state index contributed by atoms with van der Waals surface area (Å²) in [4.78, 5) is 27.4. The Morgan fingerprint density at radius 3 is 2.61 bits per heavy atom. The summed E-state index contributed by atoms with van der Waals surface area (Å²) in [7, 11) is 0. The number of halogens is 1. The third-order valence-corrected chi connectivity index (χ3v) is 6.71. The van der Waals surface area contributed by atoms with Crippen LogP contribution in [0.4, 0.5) is 15.8 Å². The molecule has 1 N–H and O–H groups in total. The number of hydrogen-bond acceptors (Lipinski definition) is 5. The zero-order chi connectivity index (χ0) is 19.9. The summed E-state index contributed by atoms with van der Waals surface area (Å²) in [5, 5.41) is 20.6. The number of hydrogen-bond donors (Lipinski definition) is 1. The topological polar surface area (TPSA) is 86.9 Å². The molecular formula is C20H26FN3O4. The number of anilines is 1. The van der Waals surface area contributed by atoms with Crippen LogP contribution in [0.15, 0.2) is 18.2 Å². The second-order valence-electron chi connectivity index (χ2n) is 8.41. The van der Waals surface area contributed by atoms with E-state index in [0.717, 1.165) is 57.6 Å². The van der Waals surface area contributed by atoms with E-state index in [2.05, 4.69) is 0 Å². The van der Waals surface area contributed by atoms with Gasteiger partial charge in [-0.2, -0.15) is 0 Å². The van der Waals surface area contributed by atoms with Crippen molar-refractivity contribution < 1.29 is 19.2 Å². The zero-order valence-corrected chi connectivity index (χ0v) is 15.8. The number of nitro benzene ring substituents is 1. The molecule has 7 nitrogen and oxygen atoms in total. The van der Waals surface area contributed by atoms with Crippen molar-refractivity contribution in [1.29, 1.82) is 0 Å². The molecule has 28 heavy (non-hydrogen) atoms. The van der Waals surface area contributed by atoms with Crippen molar-refractivity contribution in [3.05, 3.63) is 34.1 Å². The number of likely N-dealkylation sites (tertiary alicyclic amines) is 1. The maximum Gasteiger partial charge on any atom is 0.272 e. The van der Waals surface area contributed by atoms with Gasteiger partial charge in [0.15, 0.2) is 5.82 Å². The molecule has 2 saturated heterocycles. The lowest BCUT2D eigenvalue weighted by molar-refractivity contribution is -0.385. The number of piperidine rings is 1. The summed E-state index contributed by atoms with van der Waals surface area (Å²) in [5.41, 5.74) is -0.435. The number of amides is 1. The van der Waals surface area contributed by atoms with Crippen molar-refractivity contribution in [2.75, 3.05) is 24.5 Å². The van der Waals surface area contributed by atoms with E-state index in [9.17, 15) is 24.4 Å². The van der Waals surface area contributed by atoms with Gasteiger partial charge in [0.05, 0.1) is 28.2 Å². The zero-order valence-electron chi connectivity index (χ0n) is 15.8. The molecule has 1 aromatic carbocycles. The summed E-state index contributed by atoms with van der Waals surface area (Å²) in [6, 6.07) is 3.91. The number of nitrogens with zero attached hydrogens (tertiary/aromatic N) is 3. The van der Waals surface area contributed by atoms with Gasteiger partial charge in [-0.05, 0) is 51.0 Å².